The predicted octanol–water partition coefficient (Wildman–Crippen LogP) is 2.84. The number of likely N-dealkylation sites (N-methyl/N-ethyl adjacent to an activating group) is 1. The minimum absolute atomic E-state index is 0.213. The van der Waals surface area contributed by atoms with Gasteiger partial charge in [-0.25, -0.2) is 9.97 Å². The summed E-state index contributed by atoms with van der Waals surface area (Å²) in [4.78, 5) is 8.41. The van der Waals surface area contributed by atoms with Crippen LogP contribution in [0.15, 0.2) is 48.8 Å². The van der Waals surface area contributed by atoms with Crippen molar-refractivity contribution >= 4 is 22.3 Å². The van der Waals surface area contributed by atoms with E-state index in [4.69, 9.17) is 9.84 Å². The molecule has 0 fully saturated rings. The molecule has 27 heavy (non-hydrogen) atoms. The van der Waals surface area contributed by atoms with E-state index in [1.807, 2.05) is 43.4 Å². The molecule has 7 heteroatoms. The number of aliphatic hydroxyl groups is 1. The summed E-state index contributed by atoms with van der Waals surface area (Å²) in [5.74, 6) is 0.438. The first-order valence-electron chi connectivity index (χ1n) is 8.47. The Morgan fingerprint density at radius 3 is 2.52 bits per heavy atom. The van der Waals surface area contributed by atoms with E-state index in [0.717, 1.165) is 11.1 Å². The number of nitriles is 1. The van der Waals surface area contributed by atoms with Gasteiger partial charge in [0.15, 0.2) is 0 Å². The zero-order chi connectivity index (χ0) is 19.6. The van der Waals surface area contributed by atoms with Crippen LogP contribution in [0.25, 0.3) is 10.9 Å². The van der Waals surface area contributed by atoms with Crippen LogP contribution in [0.1, 0.15) is 12.5 Å². The molecule has 140 valence electrons. The third-order valence-electron chi connectivity index (χ3n) is 3.61. The normalized spacial score (nSPS) is 11.1. The van der Waals surface area contributed by atoms with Gasteiger partial charge < -0.3 is 20.5 Å². The van der Waals surface area contributed by atoms with E-state index in [0.29, 0.717) is 29.2 Å². The van der Waals surface area contributed by atoms with E-state index in [2.05, 4.69) is 26.7 Å². The number of ether oxygens (including phenoxy) is 1. The van der Waals surface area contributed by atoms with Crippen molar-refractivity contribution in [1.82, 2.24) is 15.3 Å². The highest BCUT2D eigenvalue weighted by atomic mass is 16.5. The fourth-order valence-electron chi connectivity index (χ4n) is 2.43. The Balaban J connectivity index is 0.000000380. The number of pyridine rings is 2. The lowest BCUT2D eigenvalue weighted by Crippen LogP contribution is -2.19. The minimum Gasteiger partial charge on any atom is -0.479 e. The van der Waals surface area contributed by atoms with Gasteiger partial charge in [0.05, 0.1) is 24.5 Å². The zero-order valence-corrected chi connectivity index (χ0v) is 15.6. The number of aromatic nitrogens is 2. The fourth-order valence-corrected chi connectivity index (χ4v) is 2.43. The van der Waals surface area contributed by atoms with Crippen LogP contribution in [0.3, 0.4) is 0 Å². The molecular weight excluding hydrogens is 342 g/mol. The van der Waals surface area contributed by atoms with Gasteiger partial charge in [0.1, 0.15) is 11.6 Å². The largest absolute Gasteiger partial charge is 0.479 e. The zero-order valence-electron chi connectivity index (χ0n) is 15.6. The Kier molecular flexibility index (Phi) is 7.49. The Morgan fingerprint density at radius 2 is 1.96 bits per heavy atom. The Bertz CT molecular complexity index is 907. The second kappa shape index (κ2) is 10.1. The summed E-state index contributed by atoms with van der Waals surface area (Å²) in [5, 5.41) is 24.7. The molecule has 0 aliphatic carbocycles. The van der Waals surface area contributed by atoms with Crippen molar-refractivity contribution in [2.24, 2.45) is 0 Å². The number of nitrogens with one attached hydrogen (secondary N) is 2. The molecule has 3 N–H and O–H groups in total. The second-order valence-electron chi connectivity index (χ2n) is 5.77. The van der Waals surface area contributed by atoms with E-state index >= 15 is 0 Å². The number of rotatable bonds is 5. The maximum absolute atomic E-state index is 9.31. The lowest BCUT2D eigenvalue weighted by atomic mass is 10.1. The van der Waals surface area contributed by atoms with Gasteiger partial charge in [0.2, 0.25) is 5.88 Å². The maximum Gasteiger partial charge on any atom is 0.240 e. The first-order valence-corrected chi connectivity index (χ1v) is 8.47. The van der Waals surface area contributed by atoms with Crippen LogP contribution in [0.4, 0.5) is 11.4 Å². The number of hydrogen-bond acceptors (Lipinski definition) is 7. The molecule has 1 aromatic carbocycles. The second-order valence-corrected chi connectivity index (χ2v) is 5.77. The summed E-state index contributed by atoms with van der Waals surface area (Å²) < 4.78 is 5.22. The standard InChI is InChI=1S/C16H12N4O.C4H11NO/c1-21-16-15-13(7-8-18-16)14(11(9-17)10-19-15)20-12-5-3-2-4-6-12;1-4(6)3-5-2/h2-8,10H,1H3,(H,19,20);4-6H,3H2,1-2H3. The number of para-hydroxylation sites is 1. The third-order valence-corrected chi connectivity index (χ3v) is 3.61. The van der Waals surface area contributed by atoms with Gasteiger partial charge in [-0.3, -0.25) is 0 Å². The van der Waals surface area contributed by atoms with Crippen molar-refractivity contribution in [3.63, 3.8) is 0 Å². The minimum atomic E-state index is -0.213. The van der Waals surface area contributed by atoms with E-state index < -0.39 is 0 Å². The SMILES string of the molecule is CNCC(C)O.COc1nccc2c(Nc3ccccc3)c(C#N)cnc12. The van der Waals surface area contributed by atoms with Crippen LogP contribution in [-0.2, 0) is 0 Å². The smallest absolute Gasteiger partial charge is 0.240 e. The first-order chi connectivity index (χ1) is 13.1. The van der Waals surface area contributed by atoms with E-state index in [-0.39, 0.29) is 6.10 Å². The summed E-state index contributed by atoms with van der Waals surface area (Å²) in [5.41, 5.74) is 2.70. The van der Waals surface area contributed by atoms with E-state index in [1.165, 1.54) is 6.20 Å². The van der Waals surface area contributed by atoms with Crippen molar-refractivity contribution in [2.45, 2.75) is 13.0 Å². The highest BCUT2D eigenvalue weighted by Crippen LogP contribution is 2.31. The first kappa shape index (κ1) is 20.1. The van der Waals surface area contributed by atoms with Gasteiger partial charge in [-0.15, -0.1) is 0 Å². The monoisotopic (exact) mass is 365 g/mol. The number of hydrogen-bond donors (Lipinski definition) is 3. The Morgan fingerprint density at radius 1 is 1.22 bits per heavy atom. The van der Waals surface area contributed by atoms with Crippen LogP contribution in [0.2, 0.25) is 0 Å². The quantitative estimate of drug-likeness (QED) is 0.639. The van der Waals surface area contributed by atoms with Crippen LogP contribution in [0, 0.1) is 11.3 Å². The molecule has 0 bridgehead atoms. The average Bonchev–Trinajstić information content (AvgIpc) is 2.69. The fraction of sp³-hybridized carbons (Fsp3) is 0.250. The molecule has 0 radical (unpaired) electrons. The Hall–Kier alpha value is -3.21. The number of fused-ring (bicyclic) bond motifs is 1. The molecule has 2 aromatic heterocycles. The number of aliphatic hydroxyl groups excluding tert-OH is 1. The van der Waals surface area contributed by atoms with Crippen LogP contribution in [0.5, 0.6) is 5.88 Å². The predicted molar refractivity (Wildman–Crippen MR) is 106 cm³/mol. The van der Waals surface area contributed by atoms with Gasteiger partial charge in [-0.05, 0) is 32.2 Å². The summed E-state index contributed by atoms with van der Waals surface area (Å²) in [7, 11) is 3.36. The molecule has 3 aromatic rings. The number of nitrogens with zero attached hydrogens (tertiary/aromatic N) is 3. The molecule has 2 heterocycles. The van der Waals surface area contributed by atoms with Crippen molar-refractivity contribution in [3.8, 4) is 11.9 Å². The average molecular weight is 365 g/mol. The summed E-state index contributed by atoms with van der Waals surface area (Å²) in [6, 6.07) is 13.6. The molecule has 0 saturated heterocycles. The molecule has 0 aliphatic heterocycles. The van der Waals surface area contributed by atoms with E-state index in [1.54, 1.807) is 20.2 Å². The van der Waals surface area contributed by atoms with Crippen molar-refractivity contribution in [1.29, 1.82) is 5.26 Å². The number of benzene rings is 1. The Labute approximate surface area is 158 Å². The third kappa shape index (κ3) is 5.38. The van der Waals surface area contributed by atoms with Gasteiger partial charge in [-0.1, -0.05) is 18.2 Å². The van der Waals surface area contributed by atoms with Crippen LogP contribution < -0.4 is 15.4 Å². The van der Waals surface area contributed by atoms with Gasteiger partial charge in [-0.2, -0.15) is 5.26 Å². The molecule has 1 unspecified atom stereocenters. The molecule has 0 saturated carbocycles. The van der Waals surface area contributed by atoms with Gasteiger partial charge in [0.25, 0.3) is 0 Å². The summed E-state index contributed by atoms with van der Waals surface area (Å²) in [6.07, 6.45) is 2.95. The maximum atomic E-state index is 9.31. The highest BCUT2D eigenvalue weighted by molar-refractivity contribution is 5.97. The molecule has 0 aliphatic rings. The number of methoxy groups -OCH3 is 1. The lowest BCUT2D eigenvalue weighted by Gasteiger charge is -2.12. The van der Waals surface area contributed by atoms with Crippen molar-refractivity contribution in [2.75, 3.05) is 26.0 Å². The highest BCUT2D eigenvalue weighted by Gasteiger charge is 2.12. The van der Waals surface area contributed by atoms with E-state index in [9.17, 15) is 5.26 Å². The summed E-state index contributed by atoms with van der Waals surface area (Å²) in [6.45, 7) is 2.43. The van der Waals surface area contributed by atoms with Gasteiger partial charge >= 0.3 is 0 Å². The summed E-state index contributed by atoms with van der Waals surface area (Å²) >= 11 is 0. The van der Waals surface area contributed by atoms with Crippen molar-refractivity contribution in [3.05, 3.63) is 54.4 Å². The number of anilines is 2. The molecular formula is C20H23N5O2. The molecule has 7 nitrogen and oxygen atoms in total. The lowest BCUT2D eigenvalue weighted by molar-refractivity contribution is 0.194. The molecule has 0 spiro atoms. The molecule has 3 rings (SSSR count). The molecule has 0 amide bonds. The van der Waals surface area contributed by atoms with Crippen LogP contribution >= 0.6 is 0 Å². The van der Waals surface area contributed by atoms with Gasteiger partial charge in [0, 0.05) is 30.0 Å². The topological polar surface area (TPSA) is 103 Å². The molecule has 1 atom stereocenters. The van der Waals surface area contributed by atoms with Crippen molar-refractivity contribution < 1.29 is 9.84 Å². The van der Waals surface area contributed by atoms with Crippen LogP contribution in [-0.4, -0.2) is 41.9 Å².